The number of nitrogens with one attached hydrogen (secondary N) is 1. The summed E-state index contributed by atoms with van der Waals surface area (Å²) in [5.74, 6) is 0.554. The molecule has 4 rings (SSSR count). The SMILES string of the molecule is CCc1nc2ccccc2n1CC(=O)Nc1cc(Cl)ccc1C(=O)N1CCCC1. The number of carbonyl (C=O) groups is 2. The molecule has 0 aliphatic carbocycles. The molecule has 1 aliphatic rings. The van der Waals surface area contributed by atoms with Gasteiger partial charge in [0.1, 0.15) is 12.4 Å². The van der Waals surface area contributed by atoms with Gasteiger partial charge < -0.3 is 14.8 Å². The lowest BCUT2D eigenvalue weighted by Gasteiger charge is -2.18. The van der Waals surface area contributed by atoms with Crippen LogP contribution in [0.25, 0.3) is 11.0 Å². The molecule has 0 bridgehead atoms. The number of aromatic nitrogens is 2. The lowest BCUT2D eigenvalue weighted by atomic mass is 10.1. The van der Waals surface area contributed by atoms with Gasteiger partial charge in [0.25, 0.3) is 5.91 Å². The van der Waals surface area contributed by atoms with Gasteiger partial charge in [-0.1, -0.05) is 30.7 Å². The maximum atomic E-state index is 12.9. The Bertz CT molecular complexity index is 1070. The van der Waals surface area contributed by atoms with E-state index in [1.165, 1.54) is 0 Å². The molecular weight excluding hydrogens is 388 g/mol. The van der Waals surface area contributed by atoms with Gasteiger partial charge in [-0.05, 0) is 43.2 Å². The highest BCUT2D eigenvalue weighted by Crippen LogP contribution is 2.25. The minimum Gasteiger partial charge on any atom is -0.339 e. The van der Waals surface area contributed by atoms with Crippen LogP contribution in [-0.4, -0.2) is 39.4 Å². The van der Waals surface area contributed by atoms with E-state index in [0.29, 0.717) is 16.3 Å². The molecule has 6 nitrogen and oxygen atoms in total. The first-order valence-corrected chi connectivity index (χ1v) is 10.3. The van der Waals surface area contributed by atoms with Crippen molar-refractivity contribution in [2.45, 2.75) is 32.7 Å². The van der Waals surface area contributed by atoms with Crippen molar-refractivity contribution >= 4 is 40.1 Å². The smallest absolute Gasteiger partial charge is 0.255 e. The summed E-state index contributed by atoms with van der Waals surface area (Å²) >= 11 is 6.14. The summed E-state index contributed by atoms with van der Waals surface area (Å²) < 4.78 is 1.91. The molecule has 150 valence electrons. The molecule has 1 aromatic heterocycles. The van der Waals surface area contributed by atoms with E-state index in [1.807, 2.05) is 40.7 Å². The number of halogens is 1. The lowest BCUT2D eigenvalue weighted by molar-refractivity contribution is -0.116. The quantitative estimate of drug-likeness (QED) is 0.687. The van der Waals surface area contributed by atoms with Crippen LogP contribution in [0.2, 0.25) is 5.02 Å². The van der Waals surface area contributed by atoms with E-state index in [1.54, 1.807) is 18.2 Å². The molecule has 1 fully saturated rings. The number of carbonyl (C=O) groups excluding carboxylic acids is 2. The number of rotatable bonds is 5. The van der Waals surface area contributed by atoms with Crippen molar-refractivity contribution in [3.05, 3.63) is 58.9 Å². The Labute approximate surface area is 174 Å². The first-order valence-electron chi connectivity index (χ1n) is 9.89. The third kappa shape index (κ3) is 3.98. The normalized spacial score (nSPS) is 13.8. The van der Waals surface area contributed by atoms with E-state index in [4.69, 9.17) is 11.6 Å². The first kappa shape index (κ1) is 19.5. The van der Waals surface area contributed by atoms with Gasteiger partial charge in [0, 0.05) is 24.5 Å². The van der Waals surface area contributed by atoms with E-state index in [9.17, 15) is 9.59 Å². The number of fused-ring (bicyclic) bond motifs is 1. The number of aryl methyl sites for hydroxylation is 1. The Morgan fingerprint density at radius 3 is 2.66 bits per heavy atom. The highest BCUT2D eigenvalue weighted by molar-refractivity contribution is 6.31. The Morgan fingerprint density at radius 1 is 1.14 bits per heavy atom. The van der Waals surface area contributed by atoms with Gasteiger partial charge in [-0.25, -0.2) is 4.98 Å². The molecule has 0 unspecified atom stereocenters. The number of hydrogen-bond acceptors (Lipinski definition) is 3. The van der Waals surface area contributed by atoms with Crippen molar-refractivity contribution in [2.24, 2.45) is 0 Å². The summed E-state index contributed by atoms with van der Waals surface area (Å²) in [4.78, 5) is 32.2. The predicted octanol–water partition coefficient (Wildman–Crippen LogP) is 4.13. The molecular formula is C22H23ClN4O2. The number of anilines is 1. The lowest BCUT2D eigenvalue weighted by Crippen LogP contribution is -2.29. The standard InChI is InChI=1S/C22H23ClN4O2/c1-2-20-24-17-7-3-4-8-19(17)27(20)14-21(28)25-18-13-15(23)9-10-16(18)22(29)26-11-5-6-12-26/h3-4,7-10,13H,2,5-6,11-12,14H2,1H3,(H,25,28). The molecule has 0 atom stereocenters. The summed E-state index contributed by atoms with van der Waals surface area (Å²) in [6.07, 6.45) is 2.74. The second kappa shape index (κ2) is 8.25. The van der Waals surface area contributed by atoms with E-state index in [2.05, 4.69) is 10.3 Å². The monoisotopic (exact) mass is 410 g/mol. The summed E-state index contributed by atoms with van der Waals surface area (Å²) in [6.45, 7) is 3.62. The van der Waals surface area contributed by atoms with Gasteiger partial charge in [-0.2, -0.15) is 0 Å². The van der Waals surface area contributed by atoms with E-state index in [-0.39, 0.29) is 18.4 Å². The average molecular weight is 411 g/mol. The minimum absolute atomic E-state index is 0.0724. The zero-order valence-corrected chi connectivity index (χ0v) is 17.1. The number of amides is 2. The molecule has 1 saturated heterocycles. The Hall–Kier alpha value is -2.86. The van der Waals surface area contributed by atoms with Crippen LogP contribution in [0, 0.1) is 0 Å². The molecule has 2 heterocycles. The minimum atomic E-state index is -0.222. The molecule has 2 amide bonds. The topological polar surface area (TPSA) is 67.2 Å². The third-order valence-electron chi connectivity index (χ3n) is 5.23. The Morgan fingerprint density at radius 2 is 1.90 bits per heavy atom. The van der Waals surface area contributed by atoms with Crippen LogP contribution in [0.3, 0.4) is 0 Å². The van der Waals surface area contributed by atoms with Gasteiger partial charge in [-0.15, -0.1) is 0 Å². The van der Waals surface area contributed by atoms with Gasteiger partial charge in [0.15, 0.2) is 0 Å². The van der Waals surface area contributed by atoms with Crippen molar-refractivity contribution < 1.29 is 9.59 Å². The van der Waals surface area contributed by atoms with Crippen LogP contribution in [0.1, 0.15) is 35.9 Å². The summed E-state index contributed by atoms with van der Waals surface area (Å²) in [5.41, 5.74) is 2.70. The Balaban J connectivity index is 1.59. The summed E-state index contributed by atoms with van der Waals surface area (Å²) in [7, 11) is 0. The molecule has 0 spiro atoms. The molecule has 0 saturated carbocycles. The number of imidazole rings is 1. The molecule has 0 radical (unpaired) electrons. The Kier molecular flexibility index (Phi) is 5.53. The summed E-state index contributed by atoms with van der Waals surface area (Å²) in [5, 5.41) is 3.36. The fourth-order valence-electron chi connectivity index (χ4n) is 3.80. The van der Waals surface area contributed by atoms with Crippen molar-refractivity contribution in [3.63, 3.8) is 0 Å². The summed E-state index contributed by atoms with van der Waals surface area (Å²) in [6, 6.07) is 12.8. The molecule has 29 heavy (non-hydrogen) atoms. The highest BCUT2D eigenvalue weighted by atomic mass is 35.5. The molecule has 1 N–H and O–H groups in total. The van der Waals surface area contributed by atoms with Crippen LogP contribution in [0.5, 0.6) is 0 Å². The van der Waals surface area contributed by atoms with Crippen molar-refractivity contribution in [1.29, 1.82) is 0 Å². The predicted molar refractivity (Wildman–Crippen MR) is 114 cm³/mol. The maximum absolute atomic E-state index is 12.9. The second-order valence-corrected chi connectivity index (χ2v) is 7.63. The third-order valence-corrected chi connectivity index (χ3v) is 5.47. The second-order valence-electron chi connectivity index (χ2n) is 7.19. The van der Waals surface area contributed by atoms with Crippen LogP contribution >= 0.6 is 11.6 Å². The van der Waals surface area contributed by atoms with Gasteiger partial charge >= 0.3 is 0 Å². The molecule has 3 aromatic rings. The molecule has 2 aromatic carbocycles. The highest BCUT2D eigenvalue weighted by Gasteiger charge is 2.23. The van der Waals surface area contributed by atoms with Crippen LogP contribution in [0.4, 0.5) is 5.69 Å². The zero-order valence-electron chi connectivity index (χ0n) is 16.3. The van der Waals surface area contributed by atoms with Crippen LogP contribution in [-0.2, 0) is 17.8 Å². The number of likely N-dealkylation sites (tertiary alicyclic amines) is 1. The molecule has 7 heteroatoms. The van der Waals surface area contributed by atoms with Crippen molar-refractivity contribution in [3.8, 4) is 0 Å². The number of para-hydroxylation sites is 2. The van der Waals surface area contributed by atoms with Gasteiger partial charge in [0.2, 0.25) is 5.91 Å². The van der Waals surface area contributed by atoms with E-state index < -0.39 is 0 Å². The van der Waals surface area contributed by atoms with Crippen molar-refractivity contribution in [1.82, 2.24) is 14.5 Å². The fourth-order valence-corrected chi connectivity index (χ4v) is 3.97. The number of benzene rings is 2. The zero-order chi connectivity index (χ0) is 20.4. The molecule has 1 aliphatic heterocycles. The fraction of sp³-hybridized carbons (Fsp3) is 0.318. The van der Waals surface area contributed by atoms with Gasteiger partial charge in [0.05, 0.1) is 22.3 Å². The van der Waals surface area contributed by atoms with Crippen LogP contribution < -0.4 is 5.32 Å². The number of nitrogens with zero attached hydrogens (tertiary/aromatic N) is 3. The first-order chi connectivity index (χ1) is 14.1. The number of hydrogen-bond donors (Lipinski definition) is 1. The average Bonchev–Trinajstić information content (AvgIpc) is 3.36. The largest absolute Gasteiger partial charge is 0.339 e. The van der Waals surface area contributed by atoms with E-state index in [0.717, 1.165) is 49.2 Å². The maximum Gasteiger partial charge on any atom is 0.255 e. The van der Waals surface area contributed by atoms with Crippen molar-refractivity contribution in [2.75, 3.05) is 18.4 Å². The van der Waals surface area contributed by atoms with Gasteiger partial charge in [-0.3, -0.25) is 9.59 Å². The van der Waals surface area contributed by atoms with Crippen LogP contribution in [0.15, 0.2) is 42.5 Å². The van der Waals surface area contributed by atoms with E-state index >= 15 is 0 Å².